The SMILES string of the molecule is C=CCn1c(C)nnc1SCC(=O)Nc1nnc(SCCCc2ccccc2)s1. The first-order chi connectivity index (χ1) is 14.2. The van der Waals surface area contributed by atoms with Crippen molar-refractivity contribution in [3.8, 4) is 0 Å². The lowest BCUT2D eigenvalue weighted by Crippen LogP contribution is -2.14. The third-order valence-corrected chi connectivity index (χ3v) is 6.90. The molecule has 0 saturated heterocycles. The molecule has 7 nitrogen and oxygen atoms in total. The van der Waals surface area contributed by atoms with Crippen molar-refractivity contribution in [2.24, 2.45) is 0 Å². The molecule has 29 heavy (non-hydrogen) atoms. The molecule has 3 aromatic rings. The summed E-state index contributed by atoms with van der Waals surface area (Å²) < 4.78 is 2.78. The number of hydrogen-bond donors (Lipinski definition) is 1. The number of hydrogen-bond acceptors (Lipinski definition) is 8. The Balaban J connectivity index is 1.40. The van der Waals surface area contributed by atoms with E-state index in [0.29, 0.717) is 16.8 Å². The van der Waals surface area contributed by atoms with Gasteiger partial charge in [-0.15, -0.1) is 27.0 Å². The molecule has 1 aromatic carbocycles. The molecule has 2 aromatic heterocycles. The lowest BCUT2D eigenvalue weighted by atomic mass is 10.1. The number of rotatable bonds is 11. The maximum atomic E-state index is 12.2. The molecule has 2 heterocycles. The summed E-state index contributed by atoms with van der Waals surface area (Å²) in [7, 11) is 0. The van der Waals surface area contributed by atoms with Crippen LogP contribution in [0.5, 0.6) is 0 Å². The molecular weight excluding hydrogens is 424 g/mol. The molecule has 0 bridgehead atoms. The van der Waals surface area contributed by atoms with Gasteiger partial charge >= 0.3 is 0 Å². The smallest absolute Gasteiger partial charge is 0.236 e. The second-order valence-electron chi connectivity index (χ2n) is 6.08. The van der Waals surface area contributed by atoms with E-state index >= 15 is 0 Å². The van der Waals surface area contributed by atoms with Gasteiger partial charge < -0.3 is 4.57 Å². The van der Waals surface area contributed by atoms with E-state index in [1.807, 2.05) is 17.6 Å². The van der Waals surface area contributed by atoms with Gasteiger partial charge in [0, 0.05) is 12.3 Å². The minimum Gasteiger partial charge on any atom is -0.302 e. The molecule has 0 radical (unpaired) electrons. The lowest BCUT2D eigenvalue weighted by molar-refractivity contribution is -0.113. The van der Waals surface area contributed by atoms with Gasteiger partial charge in [0.2, 0.25) is 11.0 Å². The number of benzene rings is 1. The van der Waals surface area contributed by atoms with Crippen LogP contribution in [-0.2, 0) is 17.8 Å². The van der Waals surface area contributed by atoms with Crippen LogP contribution in [0.1, 0.15) is 17.8 Å². The normalized spacial score (nSPS) is 10.8. The monoisotopic (exact) mass is 446 g/mol. The first kappa shape index (κ1) is 21.5. The van der Waals surface area contributed by atoms with Gasteiger partial charge in [0.25, 0.3) is 0 Å². The van der Waals surface area contributed by atoms with Crippen molar-refractivity contribution in [2.75, 3.05) is 16.8 Å². The summed E-state index contributed by atoms with van der Waals surface area (Å²) in [4.78, 5) is 12.2. The van der Waals surface area contributed by atoms with Crippen LogP contribution in [0.15, 0.2) is 52.5 Å². The van der Waals surface area contributed by atoms with Crippen molar-refractivity contribution in [3.63, 3.8) is 0 Å². The first-order valence-electron chi connectivity index (χ1n) is 9.09. The molecule has 1 N–H and O–H groups in total. The van der Waals surface area contributed by atoms with Gasteiger partial charge in [-0.3, -0.25) is 10.1 Å². The number of thioether (sulfide) groups is 2. The van der Waals surface area contributed by atoms with E-state index in [1.165, 1.54) is 28.7 Å². The molecule has 1 amide bonds. The summed E-state index contributed by atoms with van der Waals surface area (Å²) in [5.74, 6) is 1.85. The molecule has 0 aliphatic heterocycles. The summed E-state index contributed by atoms with van der Waals surface area (Å²) in [6.07, 6.45) is 3.89. The maximum absolute atomic E-state index is 12.2. The first-order valence-corrected chi connectivity index (χ1v) is 11.9. The van der Waals surface area contributed by atoms with Crippen molar-refractivity contribution in [2.45, 2.75) is 35.8 Å². The number of aromatic nitrogens is 5. The van der Waals surface area contributed by atoms with Crippen LogP contribution in [0.4, 0.5) is 5.13 Å². The Bertz CT molecular complexity index is 941. The average molecular weight is 447 g/mol. The maximum Gasteiger partial charge on any atom is 0.236 e. The summed E-state index contributed by atoms with van der Waals surface area (Å²) in [6.45, 7) is 6.22. The molecule has 0 saturated carbocycles. The van der Waals surface area contributed by atoms with Gasteiger partial charge in [0.1, 0.15) is 5.82 Å². The molecule has 0 fully saturated rings. The van der Waals surface area contributed by atoms with Crippen LogP contribution >= 0.6 is 34.9 Å². The third kappa shape index (κ3) is 6.69. The highest BCUT2D eigenvalue weighted by atomic mass is 32.2. The van der Waals surface area contributed by atoms with Crippen LogP contribution in [0, 0.1) is 6.92 Å². The predicted octanol–water partition coefficient (Wildman–Crippen LogP) is 4.08. The van der Waals surface area contributed by atoms with E-state index in [4.69, 9.17) is 0 Å². The number of aryl methyl sites for hydroxylation is 2. The largest absolute Gasteiger partial charge is 0.302 e. The summed E-state index contributed by atoms with van der Waals surface area (Å²) in [5.41, 5.74) is 1.34. The Kier molecular flexibility index (Phi) is 8.26. The molecule has 0 spiro atoms. The van der Waals surface area contributed by atoms with Crippen molar-refractivity contribution < 1.29 is 4.79 Å². The second kappa shape index (κ2) is 11.1. The molecule has 0 aliphatic rings. The van der Waals surface area contributed by atoms with Crippen LogP contribution in [0.3, 0.4) is 0 Å². The zero-order valence-corrected chi connectivity index (χ0v) is 18.5. The third-order valence-electron chi connectivity index (χ3n) is 3.88. The fourth-order valence-corrected chi connectivity index (χ4v) is 5.06. The van der Waals surface area contributed by atoms with E-state index in [-0.39, 0.29) is 11.7 Å². The Hall–Kier alpha value is -2.17. The highest BCUT2D eigenvalue weighted by Crippen LogP contribution is 2.26. The van der Waals surface area contributed by atoms with Gasteiger partial charge in [-0.05, 0) is 25.3 Å². The van der Waals surface area contributed by atoms with E-state index in [9.17, 15) is 4.79 Å². The highest BCUT2D eigenvalue weighted by molar-refractivity contribution is 8.01. The van der Waals surface area contributed by atoms with Crippen molar-refractivity contribution in [3.05, 3.63) is 54.4 Å². The minimum absolute atomic E-state index is 0.141. The molecule has 0 atom stereocenters. The molecular formula is C19H22N6OS3. The zero-order valence-electron chi connectivity index (χ0n) is 16.1. The van der Waals surface area contributed by atoms with Crippen molar-refractivity contribution in [1.29, 1.82) is 0 Å². The Morgan fingerprint density at radius 3 is 2.83 bits per heavy atom. The number of allylic oxidation sites excluding steroid dienone is 1. The fraction of sp³-hybridized carbons (Fsp3) is 0.316. The lowest BCUT2D eigenvalue weighted by Gasteiger charge is -2.04. The van der Waals surface area contributed by atoms with E-state index < -0.39 is 0 Å². The van der Waals surface area contributed by atoms with Crippen LogP contribution in [-0.4, -0.2) is 42.4 Å². The topological polar surface area (TPSA) is 85.6 Å². The van der Waals surface area contributed by atoms with Gasteiger partial charge in [-0.1, -0.05) is 71.3 Å². The summed E-state index contributed by atoms with van der Waals surface area (Å²) in [6, 6.07) is 10.4. The number of carbonyl (C=O) groups excluding carboxylic acids is 1. The standard InChI is InChI=1S/C19H22N6OS3/c1-3-11-25-14(2)21-23-18(25)28-13-16(26)20-17-22-24-19(29-17)27-12-7-10-15-8-5-4-6-9-15/h3-6,8-9H,1,7,10-13H2,2H3,(H,20,22,26). The van der Waals surface area contributed by atoms with Gasteiger partial charge in [-0.25, -0.2) is 0 Å². The van der Waals surface area contributed by atoms with E-state index in [0.717, 1.165) is 28.8 Å². The molecule has 0 unspecified atom stereocenters. The highest BCUT2D eigenvalue weighted by Gasteiger charge is 2.13. The predicted molar refractivity (Wildman–Crippen MR) is 120 cm³/mol. The van der Waals surface area contributed by atoms with Crippen LogP contribution in [0.25, 0.3) is 0 Å². The second-order valence-corrected chi connectivity index (χ2v) is 9.34. The number of amides is 1. The fourth-order valence-electron chi connectivity index (χ4n) is 2.49. The summed E-state index contributed by atoms with van der Waals surface area (Å²) in [5, 5.41) is 20.4. The van der Waals surface area contributed by atoms with Gasteiger partial charge in [0.05, 0.1) is 5.75 Å². The van der Waals surface area contributed by atoms with Crippen LogP contribution < -0.4 is 5.32 Å². The number of nitrogens with zero attached hydrogens (tertiary/aromatic N) is 5. The Morgan fingerprint density at radius 2 is 2.03 bits per heavy atom. The average Bonchev–Trinajstić information content (AvgIpc) is 3.31. The van der Waals surface area contributed by atoms with E-state index in [1.54, 1.807) is 17.8 Å². The van der Waals surface area contributed by atoms with Crippen molar-refractivity contribution >= 4 is 45.9 Å². The van der Waals surface area contributed by atoms with Gasteiger partial charge in [-0.2, -0.15) is 0 Å². The minimum atomic E-state index is -0.141. The number of carbonyl (C=O) groups is 1. The quantitative estimate of drug-likeness (QED) is 0.206. The molecule has 10 heteroatoms. The Labute approximate surface area is 182 Å². The summed E-state index contributed by atoms with van der Waals surface area (Å²) >= 11 is 4.40. The van der Waals surface area contributed by atoms with Crippen molar-refractivity contribution in [1.82, 2.24) is 25.0 Å². The number of anilines is 1. The zero-order chi connectivity index (χ0) is 20.5. The van der Waals surface area contributed by atoms with Crippen LogP contribution in [0.2, 0.25) is 0 Å². The van der Waals surface area contributed by atoms with E-state index in [2.05, 4.69) is 56.6 Å². The number of nitrogens with one attached hydrogen (secondary N) is 1. The Morgan fingerprint density at radius 1 is 1.21 bits per heavy atom. The molecule has 3 rings (SSSR count). The molecule has 152 valence electrons. The molecule has 0 aliphatic carbocycles. The van der Waals surface area contributed by atoms with Gasteiger partial charge in [0.15, 0.2) is 9.50 Å².